The van der Waals surface area contributed by atoms with E-state index in [-0.39, 0.29) is 19.4 Å². The van der Waals surface area contributed by atoms with Gasteiger partial charge in [-0.2, -0.15) is 0 Å². The van der Waals surface area contributed by atoms with E-state index >= 15 is 0 Å². The molecule has 0 bridgehead atoms. The van der Waals surface area contributed by atoms with Crippen LogP contribution < -0.4 is 0 Å². The van der Waals surface area contributed by atoms with E-state index in [0.717, 1.165) is 89.9 Å². The van der Waals surface area contributed by atoms with E-state index in [2.05, 4.69) is 62.5 Å². The molecule has 7 N–H and O–H groups in total. The van der Waals surface area contributed by atoms with Crippen LogP contribution in [0.3, 0.4) is 0 Å². The summed E-state index contributed by atoms with van der Waals surface area (Å²) < 4.78 is 33.6. The lowest BCUT2D eigenvalue weighted by Gasteiger charge is -2.42. The first-order chi connectivity index (χ1) is 34.0. The largest absolute Gasteiger partial charge is 0.462 e. The molecule has 0 aliphatic carbocycles. The molecule has 2 saturated heterocycles. The lowest BCUT2D eigenvalue weighted by molar-refractivity contribution is -0.332. The predicted octanol–water partition coefficient (Wildman–Crippen LogP) is 8.27. The van der Waals surface area contributed by atoms with Crippen LogP contribution in [0, 0.1) is 0 Å². The van der Waals surface area contributed by atoms with Crippen LogP contribution in [0.5, 0.6) is 0 Å². The standard InChI is InChI=1S/C55H96O15/c1-3-5-7-9-11-13-15-17-19-20-21-22-24-26-28-30-32-34-36-38-47(58)68-43(40-65-46(57)37-35-33-31-29-27-25-23-18-16-14-12-10-8-6-4-2)41-66-54-53(64)51(62)49(60)45(70-54)42-67-55-52(63)50(61)48(59)44(39-56)69-55/h11,13,17-19,21-23,43-45,48-56,59-64H,3-10,12,14-16,20,24-42H2,1-2H3/b13-11-,19-17-,22-21-,23-18-. The summed E-state index contributed by atoms with van der Waals surface area (Å²) in [5.74, 6) is -0.948. The van der Waals surface area contributed by atoms with Gasteiger partial charge in [0.1, 0.15) is 55.4 Å². The van der Waals surface area contributed by atoms with Crippen molar-refractivity contribution in [2.24, 2.45) is 0 Å². The number of hydrogen-bond donors (Lipinski definition) is 7. The van der Waals surface area contributed by atoms with Gasteiger partial charge in [0.2, 0.25) is 0 Å². The van der Waals surface area contributed by atoms with Crippen molar-refractivity contribution < 1.29 is 73.8 Å². The fraction of sp³-hybridized carbons (Fsp3) is 0.818. The fourth-order valence-corrected chi connectivity index (χ4v) is 8.28. The minimum Gasteiger partial charge on any atom is -0.462 e. The molecular formula is C55H96O15. The summed E-state index contributed by atoms with van der Waals surface area (Å²) in [5.41, 5.74) is 0. The van der Waals surface area contributed by atoms with Crippen LogP contribution in [0.15, 0.2) is 48.6 Å². The number of aliphatic hydroxyl groups is 7. The Morgan fingerprint density at radius 2 is 0.857 bits per heavy atom. The summed E-state index contributed by atoms with van der Waals surface area (Å²) in [4.78, 5) is 25.8. The average Bonchev–Trinajstić information content (AvgIpc) is 3.35. The number of allylic oxidation sites excluding steroid dienone is 8. The minimum atomic E-state index is -1.77. The molecule has 11 atom stereocenters. The fourth-order valence-electron chi connectivity index (χ4n) is 8.28. The molecule has 406 valence electrons. The Bertz CT molecular complexity index is 1400. The van der Waals surface area contributed by atoms with E-state index in [1.165, 1.54) is 64.2 Å². The normalized spacial score (nSPS) is 25.7. The summed E-state index contributed by atoms with van der Waals surface area (Å²) in [7, 11) is 0. The van der Waals surface area contributed by atoms with Gasteiger partial charge in [-0.15, -0.1) is 0 Å². The van der Waals surface area contributed by atoms with Gasteiger partial charge in [-0.3, -0.25) is 9.59 Å². The Morgan fingerprint density at radius 1 is 0.457 bits per heavy atom. The molecule has 0 radical (unpaired) electrons. The number of unbranched alkanes of at least 4 members (excludes halogenated alkanes) is 20. The van der Waals surface area contributed by atoms with E-state index in [1.807, 2.05) is 0 Å². The van der Waals surface area contributed by atoms with Gasteiger partial charge in [0.05, 0.1) is 19.8 Å². The second kappa shape index (κ2) is 41.9. The maximum absolute atomic E-state index is 13.0. The second-order valence-electron chi connectivity index (χ2n) is 19.0. The number of aliphatic hydroxyl groups excluding tert-OH is 7. The number of carbonyl (C=O) groups is 2. The smallest absolute Gasteiger partial charge is 0.306 e. The van der Waals surface area contributed by atoms with Crippen molar-refractivity contribution in [1.29, 1.82) is 0 Å². The Morgan fingerprint density at radius 3 is 1.39 bits per heavy atom. The van der Waals surface area contributed by atoms with Gasteiger partial charge >= 0.3 is 11.9 Å². The summed E-state index contributed by atoms with van der Waals surface area (Å²) in [5, 5.41) is 72.2. The first-order valence-electron chi connectivity index (χ1n) is 27.2. The third-order valence-corrected chi connectivity index (χ3v) is 12.8. The van der Waals surface area contributed by atoms with Gasteiger partial charge in [-0.1, -0.05) is 152 Å². The maximum atomic E-state index is 13.0. The molecule has 0 saturated carbocycles. The molecule has 2 fully saturated rings. The topological polar surface area (TPSA) is 231 Å². The van der Waals surface area contributed by atoms with Crippen LogP contribution in [0.1, 0.15) is 194 Å². The highest BCUT2D eigenvalue weighted by Crippen LogP contribution is 2.26. The van der Waals surface area contributed by atoms with Gasteiger partial charge in [-0.25, -0.2) is 0 Å². The third kappa shape index (κ3) is 29.2. The van der Waals surface area contributed by atoms with E-state index in [4.69, 9.17) is 28.4 Å². The third-order valence-electron chi connectivity index (χ3n) is 12.8. The first kappa shape index (κ1) is 63.6. The highest BCUT2D eigenvalue weighted by molar-refractivity contribution is 5.70. The Labute approximate surface area is 420 Å². The molecule has 2 rings (SSSR count). The number of carbonyl (C=O) groups excluding carboxylic acids is 2. The van der Waals surface area contributed by atoms with Crippen molar-refractivity contribution in [3.63, 3.8) is 0 Å². The highest BCUT2D eigenvalue weighted by atomic mass is 16.7. The van der Waals surface area contributed by atoms with Crippen molar-refractivity contribution in [3.05, 3.63) is 48.6 Å². The lowest BCUT2D eigenvalue weighted by Crippen LogP contribution is -2.61. The van der Waals surface area contributed by atoms with Crippen LogP contribution >= 0.6 is 0 Å². The van der Waals surface area contributed by atoms with Crippen LogP contribution in [0.4, 0.5) is 0 Å². The van der Waals surface area contributed by atoms with E-state index < -0.39 is 99.3 Å². The highest BCUT2D eigenvalue weighted by Gasteiger charge is 2.47. The molecular weight excluding hydrogens is 901 g/mol. The summed E-state index contributed by atoms with van der Waals surface area (Å²) in [6.07, 6.45) is 29.8. The molecule has 2 heterocycles. The Kier molecular flexibility index (Phi) is 38.0. The minimum absolute atomic E-state index is 0.148. The number of rotatable bonds is 42. The van der Waals surface area contributed by atoms with Crippen molar-refractivity contribution >= 4 is 11.9 Å². The maximum Gasteiger partial charge on any atom is 0.306 e. The summed E-state index contributed by atoms with van der Waals surface area (Å²) in [6, 6.07) is 0. The Hall–Kier alpha value is -2.54. The van der Waals surface area contributed by atoms with Crippen molar-refractivity contribution in [1.82, 2.24) is 0 Å². The van der Waals surface area contributed by atoms with Crippen molar-refractivity contribution in [2.75, 3.05) is 26.4 Å². The number of ether oxygens (including phenoxy) is 6. The summed E-state index contributed by atoms with van der Waals surface area (Å²) in [6.45, 7) is 2.54. The Balaban J connectivity index is 1.80. The van der Waals surface area contributed by atoms with Gasteiger partial charge in [0, 0.05) is 12.8 Å². The van der Waals surface area contributed by atoms with Gasteiger partial charge in [0.25, 0.3) is 0 Å². The van der Waals surface area contributed by atoms with Crippen LogP contribution in [-0.4, -0.2) is 142 Å². The predicted molar refractivity (Wildman–Crippen MR) is 270 cm³/mol. The van der Waals surface area contributed by atoms with E-state index in [0.29, 0.717) is 12.8 Å². The molecule has 0 amide bonds. The zero-order valence-corrected chi connectivity index (χ0v) is 43.0. The molecule has 0 aromatic carbocycles. The molecule has 70 heavy (non-hydrogen) atoms. The molecule has 0 spiro atoms. The average molecular weight is 997 g/mol. The van der Waals surface area contributed by atoms with Crippen molar-refractivity contribution in [3.8, 4) is 0 Å². The molecule has 0 aromatic heterocycles. The van der Waals surface area contributed by atoms with Crippen LogP contribution in [0.2, 0.25) is 0 Å². The van der Waals surface area contributed by atoms with E-state index in [9.17, 15) is 45.3 Å². The molecule has 15 heteroatoms. The second-order valence-corrected chi connectivity index (χ2v) is 19.0. The number of esters is 2. The molecule has 11 unspecified atom stereocenters. The molecule has 0 aromatic rings. The first-order valence-corrected chi connectivity index (χ1v) is 27.2. The van der Waals surface area contributed by atoms with Crippen LogP contribution in [-0.2, 0) is 38.0 Å². The van der Waals surface area contributed by atoms with Crippen molar-refractivity contribution in [2.45, 2.75) is 261 Å². The number of hydrogen-bond acceptors (Lipinski definition) is 15. The van der Waals surface area contributed by atoms with Gasteiger partial charge in [-0.05, 0) is 77.0 Å². The van der Waals surface area contributed by atoms with Gasteiger partial charge < -0.3 is 64.2 Å². The van der Waals surface area contributed by atoms with Crippen LogP contribution in [0.25, 0.3) is 0 Å². The molecule has 2 aliphatic heterocycles. The van der Waals surface area contributed by atoms with E-state index in [1.54, 1.807) is 0 Å². The summed E-state index contributed by atoms with van der Waals surface area (Å²) >= 11 is 0. The zero-order chi connectivity index (χ0) is 51.0. The quantitative estimate of drug-likeness (QED) is 0.0173. The van der Waals surface area contributed by atoms with Gasteiger partial charge in [0.15, 0.2) is 18.7 Å². The lowest BCUT2D eigenvalue weighted by atomic mass is 9.98. The zero-order valence-electron chi connectivity index (χ0n) is 43.0. The SMILES string of the molecule is CCCCC/C=C\C/C=C\C/C=C\CCCCCCCCC(=O)OC(COC(=O)CCCCCCC/C=C\CCCCCCCC)COC1OC(COC2OC(CO)C(O)C(O)C2O)C(O)C(O)C1O. The molecule has 2 aliphatic rings. The monoisotopic (exact) mass is 997 g/mol. The molecule has 15 nitrogen and oxygen atoms in total.